The average Bonchev–Trinajstić information content (AvgIpc) is 2.27. The predicted molar refractivity (Wildman–Crippen MR) is 53.0 cm³/mol. The molecule has 3 nitrogen and oxygen atoms in total. The Labute approximate surface area is 93.5 Å². The number of carboxylic acid groups (broad SMARTS) is 1. The molecule has 0 saturated heterocycles. The number of nitrogens with zero attached hydrogens (tertiary/aromatic N) is 1. The molecule has 0 spiro atoms. The third-order valence-electron chi connectivity index (χ3n) is 2.30. The molecule has 1 N–H and O–H groups in total. The molecule has 88 valence electrons. The van der Waals surface area contributed by atoms with Gasteiger partial charge in [0.15, 0.2) is 17.5 Å². The molecule has 0 aliphatic rings. The molecule has 0 atom stereocenters. The maximum atomic E-state index is 13.4. The second-order valence-corrected chi connectivity index (χ2v) is 3.41. The molecule has 0 bridgehead atoms. The molecule has 0 saturated carbocycles. The first-order valence-electron chi connectivity index (χ1n) is 4.63. The Morgan fingerprint density at radius 3 is 2.59 bits per heavy atom. The Bertz CT molecular complexity index is 613. The second-order valence-electron chi connectivity index (χ2n) is 3.41. The molecule has 0 aliphatic heterocycles. The molecule has 0 aliphatic carbocycles. The molecule has 2 rings (SSSR count). The Balaban J connectivity index is 2.76. The van der Waals surface area contributed by atoms with Crippen molar-refractivity contribution in [1.29, 1.82) is 0 Å². The van der Waals surface area contributed by atoms with E-state index in [2.05, 4.69) is 4.98 Å². The summed E-state index contributed by atoms with van der Waals surface area (Å²) in [6.45, 7) is 0. The zero-order chi connectivity index (χ0) is 12.6. The summed E-state index contributed by atoms with van der Waals surface area (Å²) in [6.07, 6.45) is 0.670. The molecule has 17 heavy (non-hydrogen) atoms. The van der Waals surface area contributed by atoms with E-state index in [1.54, 1.807) is 0 Å². The molecule has 6 heteroatoms. The van der Waals surface area contributed by atoms with Crippen LogP contribution in [0.1, 0.15) is 5.69 Å². The van der Waals surface area contributed by atoms with Crippen LogP contribution in [0.25, 0.3) is 10.8 Å². The van der Waals surface area contributed by atoms with Gasteiger partial charge in [0.25, 0.3) is 0 Å². The monoisotopic (exact) mass is 241 g/mol. The third-order valence-corrected chi connectivity index (χ3v) is 2.30. The van der Waals surface area contributed by atoms with Crippen molar-refractivity contribution in [2.45, 2.75) is 6.42 Å². The summed E-state index contributed by atoms with van der Waals surface area (Å²) in [5.41, 5.74) is -0.00667. The SMILES string of the molecule is O=C(O)Cc1nccc2c(F)c(F)c(F)cc12. The number of aliphatic carboxylic acids is 1. The van der Waals surface area contributed by atoms with Crippen LogP contribution in [0.2, 0.25) is 0 Å². The van der Waals surface area contributed by atoms with Crippen LogP contribution in [-0.4, -0.2) is 16.1 Å². The van der Waals surface area contributed by atoms with Gasteiger partial charge in [0.1, 0.15) is 0 Å². The van der Waals surface area contributed by atoms with Gasteiger partial charge in [0, 0.05) is 17.0 Å². The molecule has 0 radical (unpaired) electrons. The summed E-state index contributed by atoms with van der Waals surface area (Å²) < 4.78 is 39.4. The van der Waals surface area contributed by atoms with Crippen LogP contribution in [0.15, 0.2) is 18.3 Å². The van der Waals surface area contributed by atoms with E-state index in [9.17, 15) is 18.0 Å². The molecule has 0 unspecified atom stereocenters. The lowest BCUT2D eigenvalue weighted by molar-refractivity contribution is -0.136. The highest BCUT2D eigenvalue weighted by atomic mass is 19.2. The number of carboxylic acids is 1. The fourth-order valence-electron chi connectivity index (χ4n) is 1.57. The number of carbonyl (C=O) groups is 1. The second kappa shape index (κ2) is 4.04. The Morgan fingerprint density at radius 1 is 1.24 bits per heavy atom. The van der Waals surface area contributed by atoms with E-state index in [1.807, 2.05) is 0 Å². The maximum Gasteiger partial charge on any atom is 0.309 e. The first-order chi connectivity index (χ1) is 8.00. The van der Waals surface area contributed by atoms with Crippen LogP contribution in [0.3, 0.4) is 0 Å². The van der Waals surface area contributed by atoms with Crippen LogP contribution in [0.5, 0.6) is 0 Å². The fraction of sp³-hybridized carbons (Fsp3) is 0.0909. The number of halogens is 3. The van der Waals surface area contributed by atoms with Crippen molar-refractivity contribution in [2.24, 2.45) is 0 Å². The van der Waals surface area contributed by atoms with Gasteiger partial charge in [-0.3, -0.25) is 9.78 Å². The summed E-state index contributed by atoms with van der Waals surface area (Å²) >= 11 is 0. The summed E-state index contributed by atoms with van der Waals surface area (Å²) in [7, 11) is 0. The first kappa shape index (κ1) is 11.4. The predicted octanol–water partition coefficient (Wildman–Crippen LogP) is 2.28. The molecule has 0 fully saturated rings. The van der Waals surface area contributed by atoms with Crippen LogP contribution < -0.4 is 0 Å². The summed E-state index contributed by atoms with van der Waals surface area (Å²) in [4.78, 5) is 14.3. The average molecular weight is 241 g/mol. The van der Waals surface area contributed by atoms with Gasteiger partial charge < -0.3 is 5.11 Å². The minimum atomic E-state index is -1.58. The Kier molecular flexibility index (Phi) is 2.71. The minimum Gasteiger partial charge on any atom is -0.481 e. The highest BCUT2D eigenvalue weighted by molar-refractivity contribution is 5.87. The van der Waals surface area contributed by atoms with Gasteiger partial charge in [0.2, 0.25) is 0 Å². The van der Waals surface area contributed by atoms with Gasteiger partial charge in [-0.25, -0.2) is 13.2 Å². The zero-order valence-electron chi connectivity index (χ0n) is 8.38. The largest absolute Gasteiger partial charge is 0.481 e. The highest BCUT2D eigenvalue weighted by Gasteiger charge is 2.16. The molecule has 1 heterocycles. The quantitative estimate of drug-likeness (QED) is 0.820. The maximum absolute atomic E-state index is 13.4. The highest BCUT2D eigenvalue weighted by Crippen LogP contribution is 2.24. The lowest BCUT2D eigenvalue weighted by atomic mass is 10.1. The van der Waals surface area contributed by atoms with Gasteiger partial charge >= 0.3 is 5.97 Å². The zero-order valence-corrected chi connectivity index (χ0v) is 8.38. The summed E-state index contributed by atoms with van der Waals surface area (Å²) in [5.74, 6) is -5.47. The van der Waals surface area contributed by atoms with Gasteiger partial charge in [0.05, 0.1) is 12.1 Å². The summed E-state index contributed by atoms with van der Waals surface area (Å²) in [6, 6.07) is 1.91. The fourth-order valence-corrected chi connectivity index (χ4v) is 1.57. The van der Waals surface area contributed by atoms with Crippen molar-refractivity contribution < 1.29 is 23.1 Å². The third kappa shape index (κ3) is 1.93. The molecule has 1 aromatic heterocycles. The standard InChI is InChI=1S/C11H6F3NO2/c12-7-3-6-5(10(13)11(7)14)1-2-15-8(6)4-9(16)17/h1-3H,4H2,(H,16,17). The number of aromatic nitrogens is 1. The smallest absolute Gasteiger partial charge is 0.309 e. The molecule has 0 amide bonds. The van der Waals surface area contributed by atoms with Crippen molar-refractivity contribution in [2.75, 3.05) is 0 Å². The van der Waals surface area contributed by atoms with Crippen LogP contribution >= 0.6 is 0 Å². The van der Waals surface area contributed by atoms with E-state index in [-0.39, 0.29) is 16.5 Å². The van der Waals surface area contributed by atoms with E-state index in [4.69, 9.17) is 5.11 Å². The van der Waals surface area contributed by atoms with E-state index in [0.29, 0.717) is 0 Å². The van der Waals surface area contributed by atoms with E-state index in [0.717, 1.165) is 12.3 Å². The summed E-state index contributed by atoms with van der Waals surface area (Å²) in [5, 5.41) is 8.40. The number of hydrogen-bond donors (Lipinski definition) is 1. The van der Waals surface area contributed by atoms with Crippen molar-refractivity contribution in [3.05, 3.63) is 41.5 Å². The van der Waals surface area contributed by atoms with Crippen LogP contribution in [0, 0.1) is 17.5 Å². The molecule has 2 aromatic rings. The molecule has 1 aromatic carbocycles. The van der Waals surface area contributed by atoms with E-state index in [1.165, 1.54) is 6.07 Å². The number of benzene rings is 1. The number of hydrogen-bond acceptors (Lipinski definition) is 2. The Hall–Kier alpha value is -2.11. The number of fused-ring (bicyclic) bond motifs is 1. The van der Waals surface area contributed by atoms with Crippen molar-refractivity contribution >= 4 is 16.7 Å². The number of pyridine rings is 1. The number of rotatable bonds is 2. The lowest BCUT2D eigenvalue weighted by Crippen LogP contribution is -2.04. The normalized spacial score (nSPS) is 10.8. The van der Waals surface area contributed by atoms with Crippen molar-refractivity contribution in [3.63, 3.8) is 0 Å². The van der Waals surface area contributed by atoms with Gasteiger partial charge in [-0.15, -0.1) is 0 Å². The minimum absolute atomic E-state index is 0.00667. The molecular weight excluding hydrogens is 235 g/mol. The van der Waals surface area contributed by atoms with Gasteiger partial charge in [-0.05, 0) is 12.1 Å². The first-order valence-corrected chi connectivity index (χ1v) is 4.63. The Morgan fingerprint density at radius 2 is 1.94 bits per heavy atom. The van der Waals surface area contributed by atoms with Crippen LogP contribution in [-0.2, 0) is 11.2 Å². The molecular formula is C11H6F3NO2. The van der Waals surface area contributed by atoms with Crippen molar-refractivity contribution in [1.82, 2.24) is 4.98 Å². The van der Waals surface area contributed by atoms with Crippen LogP contribution in [0.4, 0.5) is 13.2 Å². The van der Waals surface area contributed by atoms with E-state index >= 15 is 0 Å². The van der Waals surface area contributed by atoms with E-state index < -0.39 is 29.8 Å². The lowest BCUT2D eigenvalue weighted by Gasteiger charge is -2.05. The van der Waals surface area contributed by atoms with Crippen molar-refractivity contribution in [3.8, 4) is 0 Å². The van der Waals surface area contributed by atoms with Gasteiger partial charge in [-0.1, -0.05) is 0 Å². The topological polar surface area (TPSA) is 50.2 Å². The van der Waals surface area contributed by atoms with Gasteiger partial charge in [-0.2, -0.15) is 0 Å².